The number of benzene rings is 4. The molecule has 1 fully saturated rings. The van der Waals surface area contributed by atoms with Crippen molar-refractivity contribution in [1.82, 2.24) is 0 Å². The van der Waals surface area contributed by atoms with Crippen LogP contribution in [0.25, 0.3) is 34.4 Å². The molecular formula is C43H42Cl2F6Ti. The first-order valence-corrected chi connectivity index (χ1v) is 22.0. The van der Waals surface area contributed by atoms with Gasteiger partial charge in [-0.25, -0.2) is 0 Å². The van der Waals surface area contributed by atoms with Gasteiger partial charge in [0.2, 0.25) is 0 Å². The van der Waals surface area contributed by atoms with Crippen molar-refractivity contribution in [2.45, 2.75) is 89.0 Å². The van der Waals surface area contributed by atoms with Crippen LogP contribution in [0.4, 0.5) is 26.3 Å². The van der Waals surface area contributed by atoms with Crippen molar-refractivity contribution in [1.29, 1.82) is 0 Å². The maximum atomic E-state index is 13.4. The minimum atomic E-state index is -4.38. The molecule has 0 nitrogen and oxygen atoms in total. The molecule has 4 aromatic carbocycles. The zero-order valence-corrected chi connectivity index (χ0v) is 32.4. The van der Waals surface area contributed by atoms with E-state index in [9.17, 15) is 26.3 Å². The van der Waals surface area contributed by atoms with Crippen molar-refractivity contribution in [2.24, 2.45) is 0 Å². The molecule has 0 bridgehead atoms. The summed E-state index contributed by atoms with van der Waals surface area (Å²) < 4.78 is 83.8. The number of allylic oxidation sites excluding steroid dienone is 2. The van der Waals surface area contributed by atoms with Gasteiger partial charge in [-0.2, -0.15) is 0 Å². The Labute approximate surface area is 319 Å². The summed E-state index contributed by atoms with van der Waals surface area (Å²) in [5.41, 5.74) is 10.3. The Bertz CT molecular complexity index is 1800. The molecule has 7 rings (SSSR count). The number of hydrogen-bond donors (Lipinski definition) is 0. The summed E-state index contributed by atoms with van der Waals surface area (Å²) >= 11 is -2.88. The molecule has 9 heteroatoms. The third-order valence-electron chi connectivity index (χ3n) is 11.4. The number of unbranched alkanes of at least 4 members (excludes halogenated alkanes) is 2. The normalized spacial score (nSPS) is 18.1. The molecule has 1 aliphatic heterocycles. The van der Waals surface area contributed by atoms with Crippen molar-refractivity contribution in [3.63, 3.8) is 0 Å². The Morgan fingerprint density at radius 3 is 1.25 bits per heavy atom. The molecule has 1 heterocycles. The van der Waals surface area contributed by atoms with Crippen LogP contribution in [-0.4, -0.2) is 0 Å². The van der Waals surface area contributed by atoms with Crippen molar-refractivity contribution in [2.75, 3.05) is 0 Å². The fourth-order valence-corrected chi connectivity index (χ4v) is 18.9. The van der Waals surface area contributed by atoms with E-state index < -0.39 is 40.1 Å². The number of hydrogen-bond acceptors (Lipinski definition) is 0. The van der Waals surface area contributed by atoms with Gasteiger partial charge in [0, 0.05) is 0 Å². The molecule has 2 unspecified atom stereocenters. The third kappa shape index (κ3) is 7.35. The molecule has 2 atom stereocenters. The van der Waals surface area contributed by atoms with Gasteiger partial charge in [-0.1, -0.05) is 0 Å². The number of alkyl halides is 6. The number of rotatable bonds is 10. The van der Waals surface area contributed by atoms with Crippen molar-refractivity contribution < 1.29 is 67.7 Å². The van der Waals surface area contributed by atoms with Gasteiger partial charge in [-0.05, 0) is 0 Å². The summed E-state index contributed by atoms with van der Waals surface area (Å²) in [5, 5.41) is 0. The maximum Gasteiger partial charge on any atom is -1.00 e. The van der Waals surface area contributed by atoms with E-state index in [-0.39, 0.29) is 24.8 Å². The standard InChI is InChI=1S/2C20H18F3.C3H6.2ClH.Ti/c2*1-2-3-5-14-12-16-6-4-7-18(19(16)13-14)15-8-10-17(11-9-15)20(21,22)23;1-3-2;;;/h2*4,6-13H,2-3,5H2,1H3;1-3H2;2*1H;/q;;;;;+2/p-2. The van der Waals surface area contributed by atoms with E-state index in [1.165, 1.54) is 62.4 Å². The molecule has 0 amide bonds. The van der Waals surface area contributed by atoms with E-state index >= 15 is 0 Å². The Kier molecular flexibility index (Phi) is 12.4. The molecule has 0 aromatic heterocycles. The van der Waals surface area contributed by atoms with E-state index in [2.05, 4.69) is 50.3 Å². The van der Waals surface area contributed by atoms with Crippen LogP contribution in [0.3, 0.4) is 0 Å². The Morgan fingerprint density at radius 2 is 0.942 bits per heavy atom. The van der Waals surface area contributed by atoms with Gasteiger partial charge in [0.05, 0.1) is 0 Å². The van der Waals surface area contributed by atoms with Gasteiger partial charge in [0.1, 0.15) is 0 Å². The Hall–Kier alpha value is -2.77. The van der Waals surface area contributed by atoms with E-state index in [1.54, 1.807) is 24.3 Å². The molecule has 0 N–H and O–H groups in total. The SMILES string of the molecule is CCCCC1=Cc2c(-c3ccc(C(F)(F)F)cc3)cccc2[CH]1[Ti+2]1([CH]2C(CCCC)=Cc3c(-c4ccc(C(F)(F)F)cc4)cccc32)[CH2]C[CH2]1.[Cl-].[Cl-]. The summed E-state index contributed by atoms with van der Waals surface area (Å²) in [7, 11) is 0. The maximum absolute atomic E-state index is 13.4. The molecule has 2 aliphatic carbocycles. The minimum Gasteiger partial charge on any atom is -1.00 e. The van der Waals surface area contributed by atoms with Crippen molar-refractivity contribution in [3.05, 3.63) is 129 Å². The first kappa shape index (κ1) is 40.4. The average Bonchev–Trinajstić information content (AvgIpc) is 3.64. The van der Waals surface area contributed by atoms with Gasteiger partial charge in [0.25, 0.3) is 0 Å². The quantitative estimate of drug-likeness (QED) is 0.112. The predicted octanol–water partition coefficient (Wildman–Crippen LogP) is 8.42. The second-order valence-corrected chi connectivity index (χ2v) is 21.6. The Balaban J connectivity index is 0.00000261. The minimum absolute atomic E-state index is 0. The predicted molar refractivity (Wildman–Crippen MR) is 188 cm³/mol. The molecule has 52 heavy (non-hydrogen) atoms. The van der Waals surface area contributed by atoms with Crippen LogP contribution in [0.5, 0.6) is 0 Å². The van der Waals surface area contributed by atoms with Crippen LogP contribution in [0.1, 0.15) is 101 Å². The first-order valence-electron chi connectivity index (χ1n) is 18.0. The number of halogens is 8. The monoisotopic (exact) mass is 790 g/mol. The van der Waals surface area contributed by atoms with E-state index in [4.69, 9.17) is 0 Å². The van der Waals surface area contributed by atoms with Gasteiger partial charge in [0.15, 0.2) is 0 Å². The Morgan fingerprint density at radius 1 is 0.558 bits per heavy atom. The summed E-state index contributed by atoms with van der Waals surface area (Å²) in [5.74, 6) is 0. The zero-order valence-electron chi connectivity index (χ0n) is 29.3. The van der Waals surface area contributed by atoms with Gasteiger partial charge >= 0.3 is 296 Å². The fourth-order valence-electron chi connectivity index (χ4n) is 8.99. The summed E-state index contributed by atoms with van der Waals surface area (Å²) in [6.07, 6.45) is 3.56. The zero-order chi connectivity index (χ0) is 35.3. The van der Waals surface area contributed by atoms with E-state index in [1.807, 2.05) is 12.1 Å². The molecule has 4 aromatic rings. The molecule has 3 aliphatic rings. The largest absolute Gasteiger partial charge is 1.00 e. The molecule has 0 radical (unpaired) electrons. The van der Waals surface area contributed by atoms with E-state index in [0.29, 0.717) is 8.45 Å². The average molecular weight is 792 g/mol. The van der Waals surface area contributed by atoms with E-state index in [0.717, 1.165) is 71.9 Å². The van der Waals surface area contributed by atoms with Crippen LogP contribution < -0.4 is 24.8 Å². The van der Waals surface area contributed by atoms with Crippen LogP contribution in [-0.2, 0) is 28.9 Å². The molecule has 0 saturated carbocycles. The summed E-state index contributed by atoms with van der Waals surface area (Å²) in [6.45, 7) is 4.43. The second kappa shape index (κ2) is 15.9. The molecule has 0 spiro atoms. The van der Waals surface area contributed by atoms with Crippen molar-refractivity contribution in [3.8, 4) is 22.3 Å². The van der Waals surface area contributed by atoms with Crippen LogP contribution in [0, 0.1) is 0 Å². The topological polar surface area (TPSA) is 0 Å². The molecule has 274 valence electrons. The van der Waals surface area contributed by atoms with Crippen LogP contribution >= 0.6 is 0 Å². The molecular weight excluding hydrogens is 749 g/mol. The van der Waals surface area contributed by atoms with Crippen molar-refractivity contribution >= 4 is 12.2 Å². The van der Waals surface area contributed by atoms with Gasteiger partial charge < -0.3 is 24.8 Å². The van der Waals surface area contributed by atoms with Crippen LogP contribution in [0.2, 0.25) is 9.45 Å². The smallest absolute Gasteiger partial charge is 1.00 e. The second-order valence-electron chi connectivity index (χ2n) is 14.4. The third-order valence-corrected chi connectivity index (χ3v) is 21.2. The van der Waals surface area contributed by atoms with Crippen LogP contribution in [0.15, 0.2) is 96.1 Å². The summed E-state index contributed by atoms with van der Waals surface area (Å²) in [4.78, 5) is 0. The summed E-state index contributed by atoms with van der Waals surface area (Å²) in [6, 6.07) is 24.0. The van der Waals surface area contributed by atoms with Gasteiger partial charge in [-0.3, -0.25) is 0 Å². The first-order chi connectivity index (χ1) is 24.0. The van der Waals surface area contributed by atoms with Gasteiger partial charge in [-0.15, -0.1) is 0 Å². The molecule has 1 saturated heterocycles. The fraction of sp³-hybridized carbons (Fsp3) is 0.349. The number of fused-ring (bicyclic) bond motifs is 2.